The van der Waals surface area contributed by atoms with E-state index in [0.29, 0.717) is 6.29 Å². The molecule has 0 saturated carbocycles. The minimum Gasteiger partial charge on any atom is -0.394 e. The Labute approximate surface area is 123 Å². The van der Waals surface area contributed by atoms with Crippen LogP contribution in [0, 0.1) is 0 Å². The normalized spacial score (nSPS) is 28.3. The second-order valence-electron chi connectivity index (χ2n) is 5.17. The molecule has 2 aromatic rings. The number of aromatic nitrogens is 4. The Kier molecular flexibility index (Phi) is 3.43. The van der Waals surface area contributed by atoms with Crippen molar-refractivity contribution < 1.29 is 19.7 Å². The second-order valence-corrected chi connectivity index (χ2v) is 5.17. The van der Waals surface area contributed by atoms with E-state index in [2.05, 4.69) is 15.0 Å². The van der Waals surface area contributed by atoms with Crippen LogP contribution < -0.4 is 11.3 Å². The molecule has 0 spiro atoms. The van der Waals surface area contributed by atoms with Crippen molar-refractivity contribution >= 4 is 23.4 Å². The van der Waals surface area contributed by atoms with Crippen molar-refractivity contribution in [1.29, 1.82) is 0 Å². The number of aromatic amines is 1. The van der Waals surface area contributed by atoms with Gasteiger partial charge in [-0.3, -0.25) is 14.3 Å². The number of aldehydes is 1. The van der Waals surface area contributed by atoms with Gasteiger partial charge in [-0.1, -0.05) is 0 Å². The number of anilines is 1. The first-order valence-electron chi connectivity index (χ1n) is 6.64. The lowest BCUT2D eigenvalue weighted by molar-refractivity contribution is -0.133. The number of H-pyrrole nitrogens is 1. The van der Waals surface area contributed by atoms with Crippen LogP contribution in [0.3, 0.4) is 0 Å². The maximum absolute atomic E-state index is 11.8. The molecule has 2 aromatic heterocycles. The van der Waals surface area contributed by atoms with Gasteiger partial charge in [0.25, 0.3) is 5.56 Å². The molecule has 1 aliphatic rings. The van der Waals surface area contributed by atoms with Crippen molar-refractivity contribution in [2.24, 2.45) is 0 Å². The van der Waals surface area contributed by atoms with Gasteiger partial charge in [-0.25, -0.2) is 4.98 Å². The quantitative estimate of drug-likeness (QED) is 0.476. The fourth-order valence-electron chi connectivity index (χ4n) is 2.77. The van der Waals surface area contributed by atoms with Crippen molar-refractivity contribution in [1.82, 2.24) is 19.5 Å². The number of carbonyl (C=O) groups is 1. The van der Waals surface area contributed by atoms with Crippen LogP contribution in [0.5, 0.6) is 0 Å². The summed E-state index contributed by atoms with van der Waals surface area (Å²) in [5, 5.41) is 19.2. The van der Waals surface area contributed by atoms with Crippen molar-refractivity contribution in [3.63, 3.8) is 0 Å². The standard InChI is InChI=1S/C12H15N5O5/c13-11-15-9-8(10(21)16-11)14-5-17(9)12(1-2-18)3-6(20)7(4-19)22-12/h2,5-7,19-20H,1,3-4H2,(H3,13,15,16,21)/t6-,7+,12+/m0/s1. The third kappa shape index (κ3) is 2.08. The molecule has 0 amide bonds. The number of nitrogens with zero attached hydrogens (tertiary/aromatic N) is 3. The van der Waals surface area contributed by atoms with Gasteiger partial charge < -0.3 is 25.5 Å². The van der Waals surface area contributed by atoms with Crippen molar-refractivity contribution in [2.75, 3.05) is 12.3 Å². The van der Waals surface area contributed by atoms with Gasteiger partial charge in [0.1, 0.15) is 12.4 Å². The topological polar surface area (TPSA) is 156 Å². The van der Waals surface area contributed by atoms with Crippen LogP contribution in [0.15, 0.2) is 11.1 Å². The van der Waals surface area contributed by atoms with Crippen LogP contribution in [0.4, 0.5) is 5.95 Å². The zero-order valence-corrected chi connectivity index (χ0v) is 11.5. The van der Waals surface area contributed by atoms with Crippen LogP contribution in [0.1, 0.15) is 12.8 Å². The van der Waals surface area contributed by atoms with E-state index in [9.17, 15) is 19.8 Å². The van der Waals surface area contributed by atoms with E-state index in [0.717, 1.165) is 0 Å². The van der Waals surface area contributed by atoms with Crippen LogP contribution >= 0.6 is 0 Å². The summed E-state index contributed by atoms with van der Waals surface area (Å²) in [7, 11) is 0. The fraction of sp³-hybridized carbons (Fsp3) is 0.500. The summed E-state index contributed by atoms with van der Waals surface area (Å²) in [5.41, 5.74) is 3.95. The van der Waals surface area contributed by atoms with Gasteiger partial charge in [0, 0.05) is 6.42 Å². The minimum absolute atomic E-state index is 0.0463. The Balaban J connectivity index is 2.18. The van der Waals surface area contributed by atoms with Crippen molar-refractivity contribution in [3.05, 3.63) is 16.7 Å². The largest absolute Gasteiger partial charge is 0.394 e. The van der Waals surface area contributed by atoms with Gasteiger partial charge in [-0.2, -0.15) is 4.98 Å². The number of nitrogens with one attached hydrogen (secondary N) is 1. The number of carbonyl (C=O) groups excluding carboxylic acids is 1. The van der Waals surface area contributed by atoms with Gasteiger partial charge >= 0.3 is 0 Å². The molecule has 10 heteroatoms. The van der Waals surface area contributed by atoms with Gasteiger partial charge in [0.15, 0.2) is 16.9 Å². The van der Waals surface area contributed by atoms with Crippen molar-refractivity contribution in [3.8, 4) is 0 Å². The molecule has 0 aliphatic carbocycles. The molecular formula is C12H15N5O5. The van der Waals surface area contributed by atoms with E-state index in [1.165, 1.54) is 10.9 Å². The Morgan fingerprint density at radius 2 is 2.41 bits per heavy atom. The maximum Gasteiger partial charge on any atom is 0.280 e. The van der Waals surface area contributed by atoms with E-state index in [-0.39, 0.29) is 30.0 Å². The van der Waals surface area contributed by atoms with E-state index in [1.807, 2.05) is 0 Å². The van der Waals surface area contributed by atoms with Gasteiger partial charge in [-0.05, 0) is 0 Å². The lowest BCUT2D eigenvalue weighted by Crippen LogP contribution is -2.35. The smallest absolute Gasteiger partial charge is 0.280 e. The van der Waals surface area contributed by atoms with Gasteiger partial charge in [0.2, 0.25) is 5.95 Å². The lowest BCUT2D eigenvalue weighted by atomic mass is 10.0. The SMILES string of the molecule is Nc1nc2c(ncn2[C@@]2(CC=O)C[C@H](O)[C@@H](CO)O2)c(=O)[nH]1. The first-order valence-corrected chi connectivity index (χ1v) is 6.64. The summed E-state index contributed by atoms with van der Waals surface area (Å²) < 4.78 is 7.09. The first-order chi connectivity index (χ1) is 10.5. The number of hydrogen-bond acceptors (Lipinski definition) is 8. The molecule has 0 unspecified atom stereocenters. The number of aliphatic hydroxyl groups excluding tert-OH is 2. The zero-order chi connectivity index (χ0) is 15.9. The first kappa shape index (κ1) is 14.6. The number of nitrogen functional groups attached to an aromatic ring is 1. The molecule has 10 nitrogen and oxygen atoms in total. The molecule has 22 heavy (non-hydrogen) atoms. The minimum atomic E-state index is -1.27. The molecule has 3 rings (SSSR count). The number of imidazole rings is 1. The highest BCUT2D eigenvalue weighted by Crippen LogP contribution is 2.38. The molecule has 0 aromatic carbocycles. The van der Waals surface area contributed by atoms with Crippen LogP contribution in [-0.2, 0) is 15.3 Å². The summed E-state index contributed by atoms with van der Waals surface area (Å²) in [6.07, 6.45) is 0.104. The molecule has 0 radical (unpaired) electrons. The number of fused-ring (bicyclic) bond motifs is 1. The van der Waals surface area contributed by atoms with Gasteiger partial charge in [-0.15, -0.1) is 0 Å². The Morgan fingerprint density at radius 3 is 3.05 bits per heavy atom. The summed E-state index contributed by atoms with van der Waals surface area (Å²) in [6.45, 7) is -0.398. The molecule has 1 aliphatic heterocycles. The highest BCUT2D eigenvalue weighted by Gasteiger charge is 2.47. The molecule has 118 valence electrons. The summed E-state index contributed by atoms with van der Waals surface area (Å²) in [6, 6.07) is 0. The maximum atomic E-state index is 11.8. The fourth-order valence-corrected chi connectivity index (χ4v) is 2.77. The molecule has 1 fully saturated rings. The Morgan fingerprint density at radius 1 is 1.64 bits per heavy atom. The number of rotatable bonds is 4. The van der Waals surface area contributed by atoms with E-state index < -0.39 is 30.1 Å². The molecule has 3 heterocycles. The summed E-state index contributed by atoms with van der Waals surface area (Å²) in [5.74, 6) is -0.0993. The predicted octanol–water partition coefficient (Wildman–Crippen LogP) is -1.91. The predicted molar refractivity (Wildman–Crippen MR) is 73.8 cm³/mol. The number of ether oxygens (including phenoxy) is 1. The lowest BCUT2D eigenvalue weighted by Gasteiger charge is -2.28. The van der Waals surface area contributed by atoms with Crippen LogP contribution in [0.2, 0.25) is 0 Å². The second kappa shape index (κ2) is 5.16. The Bertz CT molecular complexity index is 771. The molecule has 1 saturated heterocycles. The van der Waals surface area contributed by atoms with E-state index >= 15 is 0 Å². The Hall–Kier alpha value is -2.30. The van der Waals surface area contributed by atoms with Crippen molar-refractivity contribution in [2.45, 2.75) is 30.8 Å². The monoisotopic (exact) mass is 309 g/mol. The van der Waals surface area contributed by atoms with E-state index in [1.54, 1.807) is 0 Å². The average molecular weight is 309 g/mol. The number of aliphatic hydroxyl groups is 2. The zero-order valence-electron chi connectivity index (χ0n) is 11.5. The third-order valence-electron chi connectivity index (χ3n) is 3.77. The molecule has 5 N–H and O–H groups in total. The summed E-state index contributed by atoms with van der Waals surface area (Å²) >= 11 is 0. The average Bonchev–Trinajstić information content (AvgIpc) is 3.01. The number of nitrogens with two attached hydrogens (primary N) is 1. The third-order valence-corrected chi connectivity index (χ3v) is 3.77. The van der Waals surface area contributed by atoms with E-state index in [4.69, 9.17) is 10.5 Å². The van der Waals surface area contributed by atoms with Gasteiger partial charge in [0.05, 0.1) is 25.5 Å². The highest BCUT2D eigenvalue weighted by molar-refractivity contribution is 5.71. The number of hydrogen-bond donors (Lipinski definition) is 4. The molecule has 0 bridgehead atoms. The van der Waals surface area contributed by atoms with Crippen LogP contribution in [-0.4, -0.2) is 54.8 Å². The van der Waals surface area contributed by atoms with Crippen LogP contribution in [0.25, 0.3) is 11.2 Å². The highest BCUT2D eigenvalue weighted by atomic mass is 16.6. The molecular weight excluding hydrogens is 294 g/mol. The molecule has 3 atom stereocenters. The summed E-state index contributed by atoms with van der Waals surface area (Å²) in [4.78, 5) is 33.2.